The summed E-state index contributed by atoms with van der Waals surface area (Å²) in [5, 5.41) is 0. The Morgan fingerprint density at radius 2 is 1.83 bits per heavy atom. The maximum absolute atomic E-state index is 9.76. The van der Waals surface area contributed by atoms with Gasteiger partial charge in [0.05, 0.1) is 0 Å². The van der Waals surface area contributed by atoms with Gasteiger partial charge in [-0.05, 0) is 12.7 Å². The van der Waals surface area contributed by atoms with Crippen molar-refractivity contribution in [2.24, 2.45) is 0 Å². The number of carbonyl (C=O) groups excluding carboxylic acids is 1. The van der Waals surface area contributed by atoms with Gasteiger partial charge in [-0.25, -0.2) is 0 Å². The topological polar surface area (TPSA) is 17.1 Å². The average molecular weight is 160 g/mol. The van der Waals surface area contributed by atoms with Crippen LogP contribution in [-0.2, 0) is 37.5 Å². The molecule has 0 amide bonds. The van der Waals surface area contributed by atoms with Gasteiger partial charge in [-0.2, -0.15) is 6.92 Å². The summed E-state index contributed by atoms with van der Waals surface area (Å²) in [4.78, 5) is 9.76. The minimum Gasteiger partial charge on any atom is -0.335 e. The second-order valence-electron chi connectivity index (χ2n) is 0.899. The molecular formula is C4H7OY+2. The van der Waals surface area contributed by atoms with Gasteiger partial charge in [-0.1, -0.05) is 0 Å². The van der Waals surface area contributed by atoms with Crippen LogP contribution in [0.1, 0.15) is 13.8 Å². The standard InChI is InChI=1S/C4H7O.Y/c1-3-4(2)5;/h3H,1-2H3;/q-1;+3. The van der Waals surface area contributed by atoms with Gasteiger partial charge < -0.3 is 11.2 Å². The zero-order chi connectivity index (χ0) is 4.28. The maximum atomic E-state index is 9.76. The minimum atomic E-state index is 0. The Hall–Kier alpha value is 0.644. The molecule has 0 bridgehead atoms. The molecule has 30 valence electrons. The second-order valence-corrected chi connectivity index (χ2v) is 0.899. The molecule has 0 aromatic carbocycles. The van der Waals surface area contributed by atoms with E-state index < -0.39 is 0 Å². The molecule has 6 heavy (non-hydrogen) atoms. The summed E-state index contributed by atoms with van der Waals surface area (Å²) in [7, 11) is 0. The molecule has 0 aliphatic carbocycles. The van der Waals surface area contributed by atoms with E-state index in [0.717, 1.165) is 0 Å². The monoisotopic (exact) mass is 160 g/mol. The normalized spacial score (nSPS) is 5.67. The third kappa shape index (κ3) is 8.82. The van der Waals surface area contributed by atoms with Crippen LogP contribution in [-0.4, -0.2) is 5.78 Å². The van der Waals surface area contributed by atoms with Gasteiger partial charge >= 0.3 is 32.7 Å². The molecule has 0 radical (unpaired) electrons. The van der Waals surface area contributed by atoms with E-state index in [2.05, 4.69) is 0 Å². The van der Waals surface area contributed by atoms with Gasteiger partial charge in [-0.3, -0.25) is 0 Å². The average Bonchev–Trinajstić information content (AvgIpc) is 1.38. The molecule has 1 nitrogen and oxygen atoms in total. The zero-order valence-corrected chi connectivity index (χ0v) is 6.90. The summed E-state index contributed by atoms with van der Waals surface area (Å²) >= 11 is 0. The van der Waals surface area contributed by atoms with Crippen LogP contribution in [0.15, 0.2) is 0 Å². The van der Waals surface area contributed by atoms with Crippen LogP contribution in [0.2, 0.25) is 0 Å². The summed E-state index contributed by atoms with van der Waals surface area (Å²) in [6.07, 6.45) is 1.53. The van der Waals surface area contributed by atoms with E-state index in [4.69, 9.17) is 0 Å². The van der Waals surface area contributed by atoms with Gasteiger partial charge in [0.2, 0.25) is 0 Å². The van der Waals surface area contributed by atoms with Crippen molar-refractivity contribution < 1.29 is 37.5 Å². The third-order valence-corrected chi connectivity index (χ3v) is 0.407. The van der Waals surface area contributed by atoms with Crippen molar-refractivity contribution in [1.29, 1.82) is 0 Å². The second kappa shape index (κ2) is 5.64. The predicted molar refractivity (Wildman–Crippen MR) is 20.7 cm³/mol. The molecule has 0 N–H and O–H groups in total. The summed E-state index contributed by atoms with van der Waals surface area (Å²) in [6, 6.07) is 0. The van der Waals surface area contributed by atoms with Crippen molar-refractivity contribution in [3.63, 3.8) is 0 Å². The molecular weight excluding hydrogens is 153 g/mol. The Bertz CT molecular complexity index is 42.8. The fourth-order valence-electron chi connectivity index (χ4n) is 0. The minimum absolute atomic E-state index is 0. The van der Waals surface area contributed by atoms with E-state index >= 15 is 0 Å². The number of hydrogen-bond acceptors (Lipinski definition) is 1. The molecule has 0 unspecified atom stereocenters. The van der Waals surface area contributed by atoms with Crippen LogP contribution < -0.4 is 0 Å². The summed E-state index contributed by atoms with van der Waals surface area (Å²) in [6.45, 7) is 3.25. The molecule has 0 atom stereocenters. The Balaban J connectivity index is 0. The van der Waals surface area contributed by atoms with Crippen LogP contribution in [0.4, 0.5) is 0 Å². The molecule has 0 heterocycles. The first kappa shape index (κ1) is 9.81. The van der Waals surface area contributed by atoms with Crippen molar-refractivity contribution in [3.8, 4) is 0 Å². The first-order valence-electron chi connectivity index (χ1n) is 1.57. The fourth-order valence-corrected chi connectivity index (χ4v) is 0. The Morgan fingerprint density at radius 3 is 1.83 bits per heavy atom. The van der Waals surface area contributed by atoms with Crippen molar-refractivity contribution in [1.82, 2.24) is 0 Å². The Kier molecular flexibility index (Phi) is 9.23. The van der Waals surface area contributed by atoms with E-state index in [1.54, 1.807) is 6.92 Å². The largest absolute Gasteiger partial charge is 3.00 e. The first-order valence-corrected chi connectivity index (χ1v) is 1.57. The predicted octanol–water partition coefficient (Wildman–Crippen LogP) is 0.797. The van der Waals surface area contributed by atoms with Gasteiger partial charge in [0.25, 0.3) is 0 Å². The SMILES string of the molecule is C[CH-]C(C)=O.[Y+3]. The number of carbonyl (C=O) groups is 1. The number of hydrogen-bond donors (Lipinski definition) is 0. The summed E-state index contributed by atoms with van der Waals surface area (Å²) in [5.41, 5.74) is 0. The molecule has 0 aromatic rings. The van der Waals surface area contributed by atoms with Crippen LogP contribution in [0.5, 0.6) is 0 Å². The third-order valence-electron chi connectivity index (χ3n) is 0.407. The molecule has 0 fully saturated rings. The molecule has 0 saturated heterocycles. The summed E-state index contributed by atoms with van der Waals surface area (Å²) < 4.78 is 0. The fraction of sp³-hybridized carbons (Fsp3) is 0.500. The van der Waals surface area contributed by atoms with Crippen LogP contribution >= 0.6 is 0 Å². The molecule has 0 aliphatic rings. The molecule has 0 saturated carbocycles. The van der Waals surface area contributed by atoms with Crippen molar-refractivity contribution in [2.45, 2.75) is 13.8 Å². The smallest absolute Gasteiger partial charge is 0.335 e. The van der Waals surface area contributed by atoms with E-state index in [0.29, 0.717) is 0 Å². The maximum Gasteiger partial charge on any atom is 3.00 e. The molecule has 0 rings (SSSR count). The zero-order valence-electron chi connectivity index (χ0n) is 4.06. The first-order chi connectivity index (χ1) is 2.27. The van der Waals surface area contributed by atoms with E-state index in [1.165, 1.54) is 13.3 Å². The molecule has 0 aromatic heterocycles. The van der Waals surface area contributed by atoms with Gasteiger partial charge in [-0.15, -0.1) is 0 Å². The van der Waals surface area contributed by atoms with E-state index in [-0.39, 0.29) is 38.5 Å². The van der Waals surface area contributed by atoms with Crippen molar-refractivity contribution in [3.05, 3.63) is 6.42 Å². The number of rotatable bonds is 1. The molecule has 0 aliphatic heterocycles. The van der Waals surface area contributed by atoms with Crippen LogP contribution in [0.25, 0.3) is 0 Å². The van der Waals surface area contributed by atoms with E-state index in [9.17, 15) is 4.79 Å². The van der Waals surface area contributed by atoms with Gasteiger partial charge in [0.1, 0.15) is 0 Å². The van der Waals surface area contributed by atoms with Gasteiger partial charge in [0.15, 0.2) is 0 Å². The van der Waals surface area contributed by atoms with Crippen molar-refractivity contribution in [2.75, 3.05) is 0 Å². The van der Waals surface area contributed by atoms with Crippen LogP contribution in [0, 0.1) is 6.42 Å². The van der Waals surface area contributed by atoms with Gasteiger partial charge in [0, 0.05) is 0 Å². The number of Topliss-reactive ketones (excluding diaryl/α,β-unsaturated/α-hetero) is 1. The quantitative estimate of drug-likeness (QED) is 0.518. The Labute approximate surface area is 63.4 Å². The molecule has 0 spiro atoms. The van der Waals surface area contributed by atoms with Crippen molar-refractivity contribution >= 4 is 5.78 Å². The Morgan fingerprint density at radius 1 is 1.67 bits per heavy atom. The summed E-state index contributed by atoms with van der Waals surface area (Å²) in [5.74, 6) is 0.130. The van der Waals surface area contributed by atoms with E-state index in [1.807, 2.05) is 0 Å². The number of ketones is 1. The van der Waals surface area contributed by atoms with Crippen LogP contribution in [0.3, 0.4) is 0 Å². The molecule has 2 heteroatoms.